The molecule has 176 valence electrons. The molecule has 0 aliphatic heterocycles. The number of aliphatic carboxylic acids is 1. The molecule has 0 atom stereocenters. The van der Waals surface area contributed by atoms with Crippen molar-refractivity contribution in [3.05, 3.63) is 99.2 Å². The lowest BCUT2D eigenvalue weighted by Gasteiger charge is -2.31. The number of halogens is 3. The van der Waals surface area contributed by atoms with Gasteiger partial charge < -0.3 is 5.11 Å². The number of fused-ring (bicyclic) bond motifs is 1. The monoisotopic (exact) mass is 507 g/mol. The summed E-state index contributed by atoms with van der Waals surface area (Å²) in [7, 11) is 0. The molecule has 2 N–H and O–H groups in total. The Morgan fingerprint density at radius 1 is 1.09 bits per heavy atom. The fraction of sp³-hybridized carbons (Fsp3) is 0.148. The summed E-state index contributed by atoms with van der Waals surface area (Å²) in [6.45, 7) is 0. The maximum absolute atomic E-state index is 14.4. The molecule has 0 spiro atoms. The number of aromatic amines is 1. The molecular formula is C27H20Cl2FN3O2. The lowest BCUT2D eigenvalue weighted by atomic mass is 9.74. The van der Waals surface area contributed by atoms with Crippen molar-refractivity contribution in [2.75, 3.05) is 0 Å². The molecule has 0 saturated heterocycles. The van der Waals surface area contributed by atoms with Crippen LogP contribution in [-0.2, 0) is 4.79 Å². The summed E-state index contributed by atoms with van der Waals surface area (Å²) in [6, 6.07) is 14.7. The molecule has 5 rings (SSSR count). The fourth-order valence-electron chi connectivity index (χ4n) is 4.37. The van der Waals surface area contributed by atoms with E-state index >= 15 is 0 Å². The Bertz CT molecular complexity index is 1490. The molecule has 8 heteroatoms. The first-order chi connectivity index (χ1) is 16.9. The first kappa shape index (κ1) is 23.3. The Morgan fingerprint density at radius 2 is 1.83 bits per heavy atom. The summed E-state index contributed by atoms with van der Waals surface area (Å²) in [5, 5.41) is 16.6. The number of hydrogen-bond donors (Lipinski definition) is 2. The number of carboxylic acids is 1. The van der Waals surface area contributed by atoms with E-state index in [1.54, 1.807) is 24.4 Å². The van der Waals surface area contributed by atoms with E-state index < -0.39 is 11.9 Å². The van der Waals surface area contributed by atoms with E-state index in [2.05, 4.69) is 15.2 Å². The van der Waals surface area contributed by atoms with Crippen molar-refractivity contribution in [2.45, 2.75) is 19.3 Å². The molecule has 0 bridgehead atoms. The molecule has 2 heterocycles. The second-order valence-corrected chi connectivity index (χ2v) is 9.31. The van der Waals surface area contributed by atoms with E-state index in [1.165, 1.54) is 6.08 Å². The van der Waals surface area contributed by atoms with Crippen LogP contribution in [0.1, 0.15) is 41.6 Å². The zero-order valence-electron chi connectivity index (χ0n) is 18.4. The van der Waals surface area contributed by atoms with Gasteiger partial charge in [0, 0.05) is 12.3 Å². The summed E-state index contributed by atoms with van der Waals surface area (Å²) < 4.78 is 14.4. The quantitative estimate of drug-likeness (QED) is 0.269. The third-order valence-electron chi connectivity index (χ3n) is 6.26. The zero-order chi connectivity index (χ0) is 24.5. The van der Waals surface area contributed by atoms with Gasteiger partial charge in [-0.1, -0.05) is 60.0 Å². The van der Waals surface area contributed by atoms with Crippen LogP contribution in [0, 0.1) is 11.9 Å². The minimum atomic E-state index is -1.01. The maximum atomic E-state index is 14.4. The SMILES string of the molecule is O=C(O)C=Cc1ccc(C(=C(c2ncc(Cl)cc2Cl)C2CCC2)c2ccc3n[nH]c(F)c3c2)cc1. The normalized spacial score (nSPS) is 14.8. The number of hydrogen-bond acceptors (Lipinski definition) is 3. The third-order valence-corrected chi connectivity index (χ3v) is 6.75. The highest BCUT2D eigenvalue weighted by Crippen LogP contribution is 2.46. The average Bonchev–Trinajstić information content (AvgIpc) is 3.17. The predicted octanol–water partition coefficient (Wildman–Crippen LogP) is 7.26. The number of aromatic nitrogens is 3. The van der Waals surface area contributed by atoms with E-state index in [0.29, 0.717) is 26.6 Å². The van der Waals surface area contributed by atoms with E-state index in [1.807, 2.05) is 30.3 Å². The number of pyridine rings is 1. The fourth-order valence-corrected chi connectivity index (χ4v) is 4.85. The minimum absolute atomic E-state index is 0.229. The van der Waals surface area contributed by atoms with Gasteiger partial charge in [-0.15, -0.1) is 0 Å². The predicted molar refractivity (Wildman–Crippen MR) is 137 cm³/mol. The van der Waals surface area contributed by atoms with Gasteiger partial charge in [-0.25, -0.2) is 4.79 Å². The Kier molecular flexibility index (Phi) is 6.41. The van der Waals surface area contributed by atoms with Gasteiger partial charge in [0.15, 0.2) is 0 Å². The van der Waals surface area contributed by atoms with Crippen LogP contribution < -0.4 is 0 Å². The lowest BCUT2D eigenvalue weighted by Crippen LogP contribution is -2.16. The summed E-state index contributed by atoms with van der Waals surface area (Å²) in [6.07, 6.45) is 7.28. The Labute approximate surface area is 210 Å². The number of rotatable bonds is 6. The van der Waals surface area contributed by atoms with Gasteiger partial charge in [0.1, 0.15) is 0 Å². The number of carboxylic acid groups (broad SMARTS) is 1. The molecule has 5 nitrogen and oxygen atoms in total. The topological polar surface area (TPSA) is 78.9 Å². The van der Waals surface area contributed by atoms with Crippen LogP contribution >= 0.6 is 23.2 Å². The molecule has 1 aliphatic rings. The second-order valence-electron chi connectivity index (χ2n) is 8.46. The highest BCUT2D eigenvalue weighted by atomic mass is 35.5. The number of allylic oxidation sites excluding steroid dienone is 1. The molecule has 1 fully saturated rings. The standard InChI is InChI=1S/C27H20Cl2FN3O2/c28-19-13-21(29)26(31-14-19)25(16-2-1-3-16)24(17-7-4-15(5-8-17)6-11-23(34)35)18-9-10-22-20(12-18)27(30)33-32-22/h4-14,16H,1-3H2,(H,32,33)(H,34,35). The molecule has 0 amide bonds. The lowest BCUT2D eigenvalue weighted by molar-refractivity contribution is -0.131. The number of nitrogens with zero attached hydrogens (tertiary/aromatic N) is 2. The van der Waals surface area contributed by atoms with Crippen LogP contribution in [0.2, 0.25) is 10.0 Å². The molecule has 1 aliphatic carbocycles. The molecule has 2 aromatic heterocycles. The van der Waals surface area contributed by atoms with Crippen LogP contribution in [0.25, 0.3) is 28.1 Å². The van der Waals surface area contributed by atoms with Crippen molar-refractivity contribution in [2.24, 2.45) is 5.92 Å². The molecule has 4 aromatic rings. The Hall–Kier alpha value is -3.48. The van der Waals surface area contributed by atoms with E-state index in [4.69, 9.17) is 28.3 Å². The van der Waals surface area contributed by atoms with Crippen molar-refractivity contribution >= 4 is 57.3 Å². The highest BCUT2D eigenvalue weighted by Gasteiger charge is 2.29. The summed E-state index contributed by atoms with van der Waals surface area (Å²) in [5.74, 6) is -1.28. The third kappa shape index (κ3) is 4.72. The average molecular weight is 508 g/mol. The molecule has 0 radical (unpaired) electrons. The zero-order valence-corrected chi connectivity index (χ0v) is 19.9. The van der Waals surface area contributed by atoms with Gasteiger partial charge in [-0.2, -0.15) is 9.49 Å². The largest absolute Gasteiger partial charge is 0.478 e. The smallest absolute Gasteiger partial charge is 0.328 e. The van der Waals surface area contributed by atoms with Crippen molar-refractivity contribution in [1.29, 1.82) is 0 Å². The van der Waals surface area contributed by atoms with E-state index in [0.717, 1.165) is 53.2 Å². The van der Waals surface area contributed by atoms with Crippen molar-refractivity contribution in [3.63, 3.8) is 0 Å². The molecule has 35 heavy (non-hydrogen) atoms. The van der Waals surface area contributed by atoms with Crippen molar-refractivity contribution in [3.8, 4) is 0 Å². The van der Waals surface area contributed by atoms with Crippen molar-refractivity contribution < 1.29 is 14.3 Å². The number of benzene rings is 2. The Balaban J connectivity index is 1.76. The maximum Gasteiger partial charge on any atom is 0.328 e. The number of H-pyrrole nitrogens is 1. The first-order valence-electron chi connectivity index (χ1n) is 11.1. The van der Waals surface area contributed by atoms with Gasteiger partial charge >= 0.3 is 5.97 Å². The summed E-state index contributed by atoms with van der Waals surface area (Å²) >= 11 is 12.8. The van der Waals surface area contributed by atoms with Crippen LogP contribution in [0.3, 0.4) is 0 Å². The summed E-state index contributed by atoms with van der Waals surface area (Å²) in [5.41, 5.74) is 5.50. The van der Waals surface area contributed by atoms with Gasteiger partial charge in [-0.3, -0.25) is 10.1 Å². The molecular weight excluding hydrogens is 488 g/mol. The number of nitrogens with one attached hydrogen (secondary N) is 1. The van der Waals surface area contributed by atoms with Crippen molar-refractivity contribution in [1.82, 2.24) is 15.2 Å². The highest BCUT2D eigenvalue weighted by molar-refractivity contribution is 6.35. The van der Waals surface area contributed by atoms with E-state index in [9.17, 15) is 9.18 Å². The van der Waals surface area contributed by atoms with Gasteiger partial charge in [0.05, 0.1) is 26.6 Å². The van der Waals surface area contributed by atoms with Gasteiger partial charge in [0.2, 0.25) is 5.95 Å². The number of carbonyl (C=O) groups is 1. The van der Waals surface area contributed by atoms with Crippen LogP contribution in [-0.4, -0.2) is 26.3 Å². The van der Waals surface area contributed by atoms with Crippen LogP contribution in [0.5, 0.6) is 0 Å². The van der Waals surface area contributed by atoms with Crippen LogP contribution in [0.4, 0.5) is 4.39 Å². The second kappa shape index (κ2) is 9.64. The van der Waals surface area contributed by atoms with Crippen LogP contribution in [0.15, 0.2) is 60.8 Å². The van der Waals surface area contributed by atoms with Gasteiger partial charge in [-0.05, 0) is 70.9 Å². The Morgan fingerprint density at radius 3 is 2.49 bits per heavy atom. The summed E-state index contributed by atoms with van der Waals surface area (Å²) in [4.78, 5) is 15.5. The molecule has 2 aromatic carbocycles. The van der Waals surface area contributed by atoms with E-state index in [-0.39, 0.29) is 5.92 Å². The van der Waals surface area contributed by atoms with Gasteiger partial charge in [0.25, 0.3) is 0 Å². The molecule has 0 unspecified atom stereocenters. The molecule has 1 saturated carbocycles. The minimum Gasteiger partial charge on any atom is -0.478 e. The first-order valence-corrected chi connectivity index (χ1v) is 11.9.